The van der Waals surface area contributed by atoms with Crippen LogP contribution in [0, 0.1) is 34.5 Å². The first-order valence-electron chi connectivity index (χ1n) is 17.3. The average Bonchev–Trinajstić information content (AvgIpc) is 3.84. The lowest BCUT2D eigenvalue weighted by Gasteiger charge is -2.38. The summed E-state index contributed by atoms with van der Waals surface area (Å²) in [5.74, 6) is -2.31. The summed E-state index contributed by atoms with van der Waals surface area (Å²) in [5, 5.41) is 11.3. The Hall–Kier alpha value is -3.28. The maximum atomic E-state index is 14.3. The molecule has 4 N–H and O–H groups in total. The van der Waals surface area contributed by atoms with Gasteiger partial charge in [-0.3, -0.25) is 19.2 Å². The van der Waals surface area contributed by atoms with Crippen molar-refractivity contribution >= 4 is 35.4 Å². The molecule has 4 fully saturated rings. The number of likely N-dealkylation sites (tertiary alicyclic amines) is 1. The zero-order valence-electron chi connectivity index (χ0n) is 29.0. The molecule has 0 aromatic carbocycles. The minimum atomic E-state index is -1.01. The van der Waals surface area contributed by atoms with Gasteiger partial charge in [-0.05, 0) is 66.6 Å². The molecule has 12 nitrogen and oxygen atoms in total. The SMILES string of the molecule is C=CCNCC(=O)C(=O)C(CCC)NC(=O)[C@@H]1[C@@H]2[C@H](CN1C(=O)[C@@H](NC(=O)N[C@H](C(=O)OCC1CC1)C1CCC1)C(C)(C)C)C2(C)C. The minimum absolute atomic E-state index is 0.0133. The van der Waals surface area contributed by atoms with Crippen LogP contribution in [0.3, 0.4) is 0 Å². The molecule has 1 heterocycles. The Labute approximate surface area is 278 Å². The fourth-order valence-corrected chi connectivity index (χ4v) is 7.04. The smallest absolute Gasteiger partial charge is 0.328 e. The van der Waals surface area contributed by atoms with Gasteiger partial charge in [0.1, 0.15) is 18.1 Å². The summed E-state index contributed by atoms with van der Waals surface area (Å²) in [6.45, 7) is 16.0. The van der Waals surface area contributed by atoms with E-state index in [4.69, 9.17) is 4.74 Å². The molecule has 0 aromatic heterocycles. The summed E-state index contributed by atoms with van der Waals surface area (Å²) in [5.41, 5.74) is -0.923. The van der Waals surface area contributed by atoms with Crippen LogP contribution in [0.15, 0.2) is 12.7 Å². The molecule has 0 spiro atoms. The van der Waals surface area contributed by atoms with Crippen LogP contribution in [-0.4, -0.2) is 90.7 Å². The van der Waals surface area contributed by atoms with Crippen LogP contribution in [0.1, 0.15) is 86.5 Å². The van der Waals surface area contributed by atoms with E-state index in [1.807, 2.05) is 27.7 Å². The molecule has 0 bridgehead atoms. The van der Waals surface area contributed by atoms with Gasteiger partial charge in [0, 0.05) is 13.1 Å². The van der Waals surface area contributed by atoms with E-state index in [-0.39, 0.29) is 36.1 Å². The first kappa shape index (κ1) is 36.6. The van der Waals surface area contributed by atoms with Crippen molar-refractivity contribution in [3.63, 3.8) is 0 Å². The quantitative estimate of drug-likeness (QED) is 0.0803. The van der Waals surface area contributed by atoms with Gasteiger partial charge >= 0.3 is 12.0 Å². The number of fused-ring (bicyclic) bond motifs is 1. The van der Waals surface area contributed by atoms with E-state index in [9.17, 15) is 28.8 Å². The Morgan fingerprint density at radius 3 is 2.26 bits per heavy atom. The lowest BCUT2D eigenvalue weighted by atomic mass is 9.79. The molecule has 1 unspecified atom stereocenters. The number of urea groups is 1. The number of amides is 4. The second-order valence-electron chi connectivity index (χ2n) is 15.6. The van der Waals surface area contributed by atoms with Crippen molar-refractivity contribution in [1.82, 2.24) is 26.2 Å². The highest BCUT2D eigenvalue weighted by Crippen LogP contribution is 2.65. The topological polar surface area (TPSA) is 163 Å². The maximum absolute atomic E-state index is 14.3. The first-order valence-corrected chi connectivity index (χ1v) is 17.3. The Bertz CT molecular complexity index is 1240. The van der Waals surface area contributed by atoms with E-state index in [1.54, 1.807) is 6.08 Å². The van der Waals surface area contributed by atoms with E-state index < -0.39 is 65.0 Å². The molecule has 0 aromatic rings. The fraction of sp³-hybridized carbons (Fsp3) is 0.771. The van der Waals surface area contributed by atoms with Crippen LogP contribution in [0.25, 0.3) is 0 Å². The van der Waals surface area contributed by atoms with Gasteiger partial charge in [-0.2, -0.15) is 0 Å². The zero-order chi connectivity index (χ0) is 34.7. The standard InChI is InChI=1S/C35H55N5O7/c1-8-11-23(28(42)24(41)17-36-16-9-2)37-30(43)27-25-22(35(25,6)7)18-40(27)31(44)29(34(3,4)5)39-33(46)38-26(21-12-10-13-21)32(45)47-19-20-14-15-20/h9,20-23,25-27,29,36H,2,8,10-19H2,1,3-7H3,(H,37,43)(H2,38,39,46)/t22-,23?,25-,26-,27-,29+/m0/s1. The molecule has 1 saturated heterocycles. The number of esters is 1. The zero-order valence-corrected chi connectivity index (χ0v) is 29.0. The molecule has 262 valence electrons. The molecule has 4 rings (SSSR count). The third kappa shape index (κ3) is 8.61. The van der Waals surface area contributed by atoms with E-state index in [0.717, 1.165) is 32.1 Å². The lowest BCUT2D eigenvalue weighted by molar-refractivity contribution is -0.148. The highest BCUT2D eigenvalue weighted by atomic mass is 16.5. The summed E-state index contributed by atoms with van der Waals surface area (Å²) in [7, 11) is 0. The van der Waals surface area contributed by atoms with Gasteiger partial charge in [0.05, 0.1) is 19.2 Å². The molecule has 3 aliphatic carbocycles. The van der Waals surface area contributed by atoms with Gasteiger partial charge in [-0.1, -0.05) is 60.5 Å². The number of rotatable bonds is 17. The lowest BCUT2D eigenvalue weighted by Crippen LogP contribution is -2.62. The van der Waals surface area contributed by atoms with Gasteiger partial charge in [-0.15, -0.1) is 6.58 Å². The van der Waals surface area contributed by atoms with E-state index >= 15 is 0 Å². The molecule has 3 saturated carbocycles. The van der Waals surface area contributed by atoms with Crippen LogP contribution < -0.4 is 21.3 Å². The van der Waals surface area contributed by atoms with Gasteiger partial charge in [0.15, 0.2) is 0 Å². The number of piperidine rings is 1. The van der Waals surface area contributed by atoms with Crippen molar-refractivity contribution < 1.29 is 33.5 Å². The van der Waals surface area contributed by atoms with Crippen molar-refractivity contribution in [3.05, 3.63) is 12.7 Å². The monoisotopic (exact) mass is 657 g/mol. The predicted octanol–water partition coefficient (Wildman–Crippen LogP) is 2.50. The number of ether oxygens (including phenoxy) is 1. The molecule has 12 heteroatoms. The molecular weight excluding hydrogens is 602 g/mol. The summed E-state index contributed by atoms with van der Waals surface area (Å²) in [6.07, 6.45) is 7.12. The number of hydrogen-bond acceptors (Lipinski definition) is 8. The second kappa shape index (κ2) is 14.9. The van der Waals surface area contributed by atoms with Crippen molar-refractivity contribution in [2.24, 2.45) is 34.5 Å². The summed E-state index contributed by atoms with van der Waals surface area (Å²) >= 11 is 0. The van der Waals surface area contributed by atoms with E-state index in [1.165, 1.54) is 4.90 Å². The molecule has 0 radical (unpaired) electrons. The Kier molecular flexibility index (Phi) is 11.6. The van der Waals surface area contributed by atoms with Crippen LogP contribution in [0.2, 0.25) is 0 Å². The fourth-order valence-electron chi connectivity index (χ4n) is 7.04. The number of hydrogen-bond donors (Lipinski definition) is 4. The summed E-state index contributed by atoms with van der Waals surface area (Å²) < 4.78 is 5.51. The Balaban J connectivity index is 1.47. The van der Waals surface area contributed by atoms with Gasteiger partial charge < -0.3 is 30.9 Å². The molecule has 47 heavy (non-hydrogen) atoms. The third-order valence-corrected chi connectivity index (χ3v) is 10.5. The highest BCUT2D eigenvalue weighted by Gasteiger charge is 2.70. The molecule has 1 aliphatic heterocycles. The maximum Gasteiger partial charge on any atom is 0.328 e. The summed E-state index contributed by atoms with van der Waals surface area (Å²) in [4.78, 5) is 81.8. The number of carbonyl (C=O) groups is 6. The Morgan fingerprint density at radius 2 is 1.70 bits per heavy atom. The normalized spacial score (nSPS) is 24.9. The number of nitrogens with one attached hydrogen (secondary N) is 4. The van der Waals surface area contributed by atoms with E-state index in [0.29, 0.717) is 32.0 Å². The molecule has 4 aliphatic rings. The molecule has 6 atom stereocenters. The highest BCUT2D eigenvalue weighted by molar-refractivity contribution is 6.40. The van der Waals surface area contributed by atoms with Crippen molar-refractivity contribution in [2.45, 2.75) is 111 Å². The average molecular weight is 658 g/mol. The number of Topliss-reactive ketones (excluding diaryl/α,β-unsaturated/α-hetero) is 2. The van der Waals surface area contributed by atoms with Crippen molar-refractivity contribution in [3.8, 4) is 0 Å². The third-order valence-electron chi connectivity index (χ3n) is 10.5. The number of nitrogens with zero attached hydrogens (tertiary/aromatic N) is 1. The second-order valence-corrected chi connectivity index (χ2v) is 15.6. The largest absolute Gasteiger partial charge is 0.464 e. The summed E-state index contributed by atoms with van der Waals surface area (Å²) in [6, 6.07) is -4.30. The van der Waals surface area contributed by atoms with Crippen molar-refractivity contribution in [1.29, 1.82) is 0 Å². The Morgan fingerprint density at radius 1 is 1.02 bits per heavy atom. The molecule has 4 amide bonds. The first-order chi connectivity index (χ1) is 22.1. The van der Waals surface area contributed by atoms with Crippen LogP contribution in [0.4, 0.5) is 4.79 Å². The van der Waals surface area contributed by atoms with Crippen LogP contribution in [-0.2, 0) is 28.7 Å². The van der Waals surface area contributed by atoms with Gasteiger partial charge in [0.2, 0.25) is 23.4 Å². The number of carbonyl (C=O) groups excluding carboxylic acids is 6. The van der Waals surface area contributed by atoms with Crippen LogP contribution in [0.5, 0.6) is 0 Å². The number of ketones is 2. The van der Waals surface area contributed by atoms with E-state index in [2.05, 4.69) is 41.7 Å². The van der Waals surface area contributed by atoms with Crippen LogP contribution >= 0.6 is 0 Å². The minimum Gasteiger partial charge on any atom is -0.464 e. The molecular formula is C35H55N5O7. The van der Waals surface area contributed by atoms with Crippen molar-refractivity contribution in [2.75, 3.05) is 26.2 Å². The van der Waals surface area contributed by atoms with Gasteiger partial charge in [0.25, 0.3) is 0 Å². The predicted molar refractivity (Wildman–Crippen MR) is 176 cm³/mol. The van der Waals surface area contributed by atoms with Gasteiger partial charge in [-0.25, -0.2) is 9.59 Å².